The number of carbonyl (C=O) groups is 1. The van der Waals surface area contributed by atoms with Crippen LogP contribution in [-0.4, -0.2) is 15.6 Å². The third kappa shape index (κ3) is 2.21. The first-order valence-electron chi connectivity index (χ1n) is 5.74. The molecule has 18 heavy (non-hydrogen) atoms. The highest BCUT2D eigenvalue weighted by Gasteiger charge is 2.24. The van der Waals surface area contributed by atoms with Crippen molar-refractivity contribution in [3.8, 4) is 0 Å². The Morgan fingerprint density at radius 1 is 1.56 bits per heavy atom. The molecule has 0 saturated heterocycles. The molecule has 2 aromatic heterocycles. The summed E-state index contributed by atoms with van der Waals surface area (Å²) in [5.41, 5.74) is 1.08. The maximum Gasteiger partial charge on any atom is 0.320 e. The molecule has 3 rings (SSSR count). The van der Waals surface area contributed by atoms with Crippen molar-refractivity contribution in [1.29, 1.82) is 0 Å². The largest absolute Gasteiger partial charge is 0.469 e. The molecule has 2 amide bonds. The summed E-state index contributed by atoms with van der Waals surface area (Å²) in [5, 5.41) is 9.94. The molecule has 0 fully saturated rings. The second kappa shape index (κ2) is 4.77. The standard InChI is InChI=1S/C11H12N4O2S/c16-11(14-10-6-12-15-18-10)13-8-2-1-3-9-7(8)4-5-17-9/h4-6,8H,1-3H2,(H2,13,14,16)/t8-/m1/s1. The molecule has 2 aromatic rings. The molecule has 7 heteroatoms. The van der Waals surface area contributed by atoms with Crippen molar-refractivity contribution < 1.29 is 9.21 Å². The van der Waals surface area contributed by atoms with E-state index >= 15 is 0 Å². The zero-order valence-corrected chi connectivity index (χ0v) is 10.4. The molecular weight excluding hydrogens is 252 g/mol. The topological polar surface area (TPSA) is 80.0 Å². The number of nitrogens with zero attached hydrogens (tertiary/aromatic N) is 2. The van der Waals surface area contributed by atoms with Crippen molar-refractivity contribution in [3.63, 3.8) is 0 Å². The van der Waals surface area contributed by atoms with Gasteiger partial charge in [-0.3, -0.25) is 5.32 Å². The summed E-state index contributed by atoms with van der Waals surface area (Å²) < 4.78 is 9.07. The number of nitrogens with one attached hydrogen (secondary N) is 2. The highest BCUT2D eigenvalue weighted by molar-refractivity contribution is 7.10. The van der Waals surface area contributed by atoms with Gasteiger partial charge >= 0.3 is 6.03 Å². The third-order valence-electron chi connectivity index (χ3n) is 2.96. The predicted octanol–water partition coefficient (Wildman–Crippen LogP) is 2.33. The lowest BCUT2D eigenvalue weighted by Crippen LogP contribution is -2.33. The van der Waals surface area contributed by atoms with E-state index in [1.165, 1.54) is 6.20 Å². The molecule has 6 nitrogen and oxygen atoms in total. The number of anilines is 1. The highest BCUT2D eigenvalue weighted by Crippen LogP contribution is 2.30. The maximum absolute atomic E-state index is 11.8. The first-order chi connectivity index (χ1) is 8.83. The van der Waals surface area contributed by atoms with Crippen molar-refractivity contribution in [2.45, 2.75) is 25.3 Å². The van der Waals surface area contributed by atoms with E-state index in [4.69, 9.17) is 4.42 Å². The molecule has 2 heterocycles. The van der Waals surface area contributed by atoms with E-state index in [1.807, 2.05) is 6.07 Å². The molecule has 0 saturated carbocycles. The van der Waals surface area contributed by atoms with Crippen LogP contribution < -0.4 is 10.6 Å². The number of amides is 2. The fraction of sp³-hybridized carbons (Fsp3) is 0.364. The Balaban J connectivity index is 1.66. The van der Waals surface area contributed by atoms with Gasteiger partial charge in [0, 0.05) is 23.5 Å². The summed E-state index contributed by atoms with van der Waals surface area (Å²) in [5.74, 6) is 0.978. The number of hydrogen-bond acceptors (Lipinski definition) is 5. The summed E-state index contributed by atoms with van der Waals surface area (Å²) in [6, 6.07) is 1.71. The number of rotatable bonds is 2. The SMILES string of the molecule is O=C(Nc1cnns1)N[C@@H]1CCCc2occc21. The van der Waals surface area contributed by atoms with Gasteiger partial charge in [-0.2, -0.15) is 0 Å². The van der Waals surface area contributed by atoms with E-state index in [9.17, 15) is 4.79 Å². The summed E-state index contributed by atoms with van der Waals surface area (Å²) in [4.78, 5) is 11.8. The number of urea groups is 1. The zero-order chi connectivity index (χ0) is 12.4. The Bertz CT molecular complexity index is 537. The number of hydrogen-bond donors (Lipinski definition) is 2. The Hall–Kier alpha value is -1.89. The summed E-state index contributed by atoms with van der Waals surface area (Å²) in [6.07, 6.45) is 6.10. The fourth-order valence-corrected chi connectivity index (χ4v) is 2.58. The molecule has 0 spiro atoms. The van der Waals surface area contributed by atoms with Crippen molar-refractivity contribution in [2.75, 3.05) is 5.32 Å². The summed E-state index contributed by atoms with van der Waals surface area (Å²) >= 11 is 1.15. The van der Waals surface area contributed by atoms with E-state index in [1.54, 1.807) is 6.26 Å². The van der Waals surface area contributed by atoms with Gasteiger partial charge < -0.3 is 9.73 Å². The first-order valence-corrected chi connectivity index (χ1v) is 6.51. The number of fused-ring (bicyclic) bond motifs is 1. The highest BCUT2D eigenvalue weighted by atomic mass is 32.1. The van der Waals surface area contributed by atoms with E-state index in [0.29, 0.717) is 5.00 Å². The molecule has 0 unspecified atom stereocenters. The van der Waals surface area contributed by atoms with Crippen LogP contribution in [0.5, 0.6) is 0 Å². The van der Waals surface area contributed by atoms with Crippen LogP contribution in [0.25, 0.3) is 0 Å². The number of aromatic nitrogens is 2. The second-order valence-electron chi connectivity index (χ2n) is 4.12. The van der Waals surface area contributed by atoms with Crippen molar-refractivity contribution in [2.24, 2.45) is 0 Å². The molecule has 1 atom stereocenters. The van der Waals surface area contributed by atoms with Crippen LogP contribution in [0.15, 0.2) is 22.9 Å². The van der Waals surface area contributed by atoms with Crippen molar-refractivity contribution in [1.82, 2.24) is 14.9 Å². The zero-order valence-electron chi connectivity index (χ0n) is 9.55. The molecule has 0 aromatic carbocycles. The normalized spacial score (nSPS) is 18.1. The lowest BCUT2D eigenvalue weighted by atomic mass is 9.93. The van der Waals surface area contributed by atoms with Gasteiger partial charge in [-0.05, 0) is 18.9 Å². The van der Waals surface area contributed by atoms with E-state index in [0.717, 1.165) is 42.1 Å². The van der Waals surface area contributed by atoms with Crippen molar-refractivity contribution in [3.05, 3.63) is 29.9 Å². The van der Waals surface area contributed by atoms with Gasteiger partial charge in [0.25, 0.3) is 0 Å². The molecule has 0 bridgehead atoms. The van der Waals surface area contributed by atoms with Crippen LogP contribution in [0, 0.1) is 0 Å². The molecule has 94 valence electrons. The molecule has 1 aliphatic rings. The van der Waals surface area contributed by atoms with Gasteiger partial charge in [-0.25, -0.2) is 4.79 Å². The quantitative estimate of drug-likeness (QED) is 0.872. The van der Waals surface area contributed by atoms with Gasteiger partial charge in [0.2, 0.25) is 0 Å². The molecule has 0 aliphatic heterocycles. The lowest BCUT2D eigenvalue weighted by molar-refractivity contribution is 0.246. The number of furan rings is 1. The van der Waals surface area contributed by atoms with Gasteiger partial charge in [-0.1, -0.05) is 4.49 Å². The minimum absolute atomic E-state index is 0.0216. The third-order valence-corrected chi connectivity index (χ3v) is 3.54. The predicted molar refractivity (Wildman–Crippen MR) is 66.5 cm³/mol. The minimum atomic E-state index is -0.236. The van der Waals surface area contributed by atoms with Crippen LogP contribution in [-0.2, 0) is 6.42 Å². The molecular formula is C11H12N4O2S. The van der Waals surface area contributed by atoms with Gasteiger partial charge in [-0.15, -0.1) is 5.10 Å². The summed E-state index contributed by atoms with van der Waals surface area (Å²) in [6.45, 7) is 0. The Morgan fingerprint density at radius 3 is 3.33 bits per heavy atom. The fourth-order valence-electron chi connectivity index (χ4n) is 2.16. The molecule has 2 N–H and O–H groups in total. The smallest absolute Gasteiger partial charge is 0.320 e. The van der Waals surface area contributed by atoms with Crippen LogP contribution >= 0.6 is 11.5 Å². The number of carbonyl (C=O) groups excluding carboxylic acids is 1. The monoisotopic (exact) mass is 264 g/mol. The van der Waals surface area contributed by atoms with Gasteiger partial charge in [0.1, 0.15) is 10.8 Å². The molecule has 1 aliphatic carbocycles. The average Bonchev–Trinajstić information content (AvgIpc) is 2.99. The maximum atomic E-state index is 11.8. The van der Waals surface area contributed by atoms with Gasteiger partial charge in [0.05, 0.1) is 18.5 Å². The van der Waals surface area contributed by atoms with E-state index in [-0.39, 0.29) is 12.1 Å². The molecule has 0 radical (unpaired) electrons. The van der Waals surface area contributed by atoms with E-state index in [2.05, 4.69) is 20.2 Å². The Labute approximate surface area is 108 Å². The van der Waals surface area contributed by atoms with E-state index < -0.39 is 0 Å². The van der Waals surface area contributed by atoms with Crippen LogP contribution in [0.4, 0.5) is 9.80 Å². The Morgan fingerprint density at radius 2 is 2.50 bits per heavy atom. The van der Waals surface area contributed by atoms with Crippen molar-refractivity contribution >= 4 is 22.6 Å². The first kappa shape index (κ1) is 11.2. The Kier molecular flexibility index (Phi) is 2.97. The minimum Gasteiger partial charge on any atom is -0.469 e. The average molecular weight is 264 g/mol. The van der Waals surface area contributed by atoms with Crippen LogP contribution in [0.3, 0.4) is 0 Å². The van der Waals surface area contributed by atoms with Crippen LogP contribution in [0.1, 0.15) is 30.2 Å². The van der Waals surface area contributed by atoms with Gasteiger partial charge in [0.15, 0.2) is 0 Å². The lowest BCUT2D eigenvalue weighted by Gasteiger charge is -2.22. The second-order valence-corrected chi connectivity index (χ2v) is 4.91. The summed E-state index contributed by atoms with van der Waals surface area (Å²) in [7, 11) is 0. The number of aryl methyl sites for hydroxylation is 1. The van der Waals surface area contributed by atoms with Crippen LogP contribution in [0.2, 0.25) is 0 Å².